The molecule has 1 heterocycles. The minimum atomic E-state index is -3.65. The number of amides is 1. The number of nitrogens with one attached hydrogen (secondary N) is 1. The summed E-state index contributed by atoms with van der Waals surface area (Å²) >= 11 is 6.00. The summed E-state index contributed by atoms with van der Waals surface area (Å²) in [5, 5.41) is 3.87. The first-order valence-electron chi connectivity index (χ1n) is 10.9. The number of hydrogen-bond donors (Lipinski definition) is 1. The summed E-state index contributed by atoms with van der Waals surface area (Å²) in [7, 11) is -3.65. The van der Waals surface area contributed by atoms with Crippen LogP contribution in [0.15, 0.2) is 53.4 Å². The van der Waals surface area contributed by atoms with Crippen LogP contribution in [0.3, 0.4) is 0 Å². The van der Waals surface area contributed by atoms with Crippen LogP contribution in [0.5, 0.6) is 0 Å². The molecule has 1 aliphatic heterocycles. The van der Waals surface area contributed by atoms with E-state index in [4.69, 9.17) is 11.6 Å². The number of hydrogen-bond acceptors (Lipinski definition) is 4. The van der Waals surface area contributed by atoms with Crippen LogP contribution in [-0.2, 0) is 14.8 Å². The predicted molar refractivity (Wildman–Crippen MR) is 123 cm³/mol. The van der Waals surface area contributed by atoms with Gasteiger partial charge >= 0.3 is 0 Å². The Labute approximate surface area is 194 Å². The fourth-order valence-electron chi connectivity index (χ4n) is 4.21. The minimum absolute atomic E-state index is 0.0142. The molecule has 8 heteroatoms. The molecule has 6 nitrogen and oxygen atoms in total. The van der Waals surface area contributed by atoms with E-state index in [1.807, 2.05) is 24.3 Å². The molecule has 2 aromatic rings. The second-order valence-electron chi connectivity index (χ2n) is 8.63. The Morgan fingerprint density at radius 1 is 0.969 bits per heavy atom. The highest BCUT2D eigenvalue weighted by Crippen LogP contribution is 2.41. The highest BCUT2D eigenvalue weighted by molar-refractivity contribution is 7.89. The molecular formula is C24H27ClN2O4S. The zero-order valence-corrected chi connectivity index (χ0v) is 19.5. The second kappa shape index (κ2) is 9.33. The van der Waals surface area contributed by atoms with Crippen LogP contribution in [0.4, 0.5) is 0 Å². The van der Waals surface area contributed by atoms with E-state index < -0.39 is 10.0 Å². The lowest BCUT2D eigenvalue weighted by atomic mass is 9.95. The lowest BCUT2D eigenvalue weighted by Gasteiger charge is -2.31. The van der Waals surface area contributed by atoms with Gasteiger partial charge in [0.2, 0.25) is 15.9 Å². The van der Waals surface area contributed by atoms with E-state index in [1.54, 1.807) is 0 Å². The van der Waals surface area contributed by atoms with Crippen LogP contribution in [0, 0.1) is 11.8 Å². The van der Waals surface area contributed by atoms with Crippen molar-refractivity contribution in [1.29, 1.82) is 0 Å². The van der Waals surface area contributed by atoms with Gasteiger partial charge in [-0.2, -0.15) is 4.31 Å². The summed E-state index contributed by atoms with van der Waals surface area (Å²) in [5.41, 5.74) is 1.53. The van der Waals surface area contributed by atoms with Crippen LogP contribution in [0.1, 0.15) is 54.6 Å². The zero-order valence-electron chi connectivity index (χ0n) is 18.0. The molecule has 0 unspecified atom stereocenters. The molecule has 1 saturated carbocycles. The Balaban J connectivity index is 1.37. The number of carbonyl (C=O) groups excluding carboxylic acids is 2. The van der Waals surface area contributed by atoms with Gasteiger partial charge in [-0.1, -0.05) is 35.9 Å². The van der Waals surface area contributed by atoms with E-state index in [-0.39, 0.29) is 28.5 Å². The number of nitrogens with zero attached hydrogens (tertiary/aromatic N) is 1. The number of benzene rings is 2. The van der Waals surface area contributed by atoms with Crippen molar-refractivity contribution in [2.24, 2.45) is 11.8 Å². The van der Waals surface area contributed by atoms with Gasteiger partial charge in [0.05, 0.1) is 10.9 Å². The molecule has 0 aromatic heterocycles. The van der Waals surface area contributed by atoms with Crippen molar-refractivity contribution in [3.05, 3.63) is 64.7 Å². The molecule has 1 saturated heterocycles. The summed E-state index contributed by atoms with van der Waals surface area (Å²) in [5.74, 6) is 0.109. The van der Waals surface area contributed by atoms with Crippen molar-refractivity contribution in [3.8, 4) is 0 Å². The summed E-state index contributed by atoms with van der Waals surface area (Å²) in [4.78, 5) is 24.6. The summed E-state index contributed by atoms with van der Waals surface area (Å²) in [6, 6.07) is 13.6. The molecule has 2 aliphatic rings. The fraction of sp³-hybridized carbons (Fsp3) is 0.417. The molecule has 0 bridgehead atoms. The van der Waals surface area contributed by atoms with Crippen molar-refractivity contribution >= 4 is 33.3 Å². The Bertz CT molecular complexity index is 1090. The highest BCUT2D eigenvalue weighted by Gasteiger charge is 2.37. The van der Waals surface area contributed by atoms with Gasteiger partial charge in [0, 0.05) is 29.6 Å². The summed E-state index contributed by atoms with van der Waals surface area (Å²) in [6.07, 6.45) is 3.14. The van der Waals surface area contributed by atoms with Gasteiger partial charge in [0.15, 0.2) is 5.78 Å². The molecule has 1 N–H and O–H groups in total. The lowest BCUT2D eigenvalue weighted by molar-refractivity contribution is -0.127. The number of halogens is 1. The minimum Gasteiger partial charge on any atom is -0.349 e. The Morgan fingerprint density at radius 3 is 2.09 bits per heavy atom. The molecule has 2 fully saturated rings. The summed E-state index contributed by atoms with van der Waals surface area (Å²) < 4.78 is 27.4. The molecule has 1 atom stereocenters. The van der Waals surface area contributed by atoms with Gasteiger partial charge in [-0.25, -0.2) is 8.42 Å². The van der Waals surface area contributed by atoms with E-state index in [9.17, 15) is 18.0 Å². The largest absolute Gasteiger partial charge is 0.349 e. The quantitative estimate of drug-likeness (QED) is 0.609. The Hall–Kier alpha value is -2.22. The van der Waals surface area contributed by atoms with Crippen LogP contribution in [0.2, 0.25) is 5.02 Å². The predicted octanol–water partition coefficient (Wildman–Crippen LogP) is 4.21. The van der Waals surface area contributed by atoms with Gasteiger partial charge in [-0.3, -0.25) is 9.59 Å². The van der Waals surface area contributed by atoms with Crippen molar-refractivity contribution in [2.45, 2.75) is 43.5 Å². The fourth-order valence-corrected chi connectivity index (χ4v) is 5.81. The third-order valence-electron chi connectivity index (χ3n) is 6.34. The second-order valence-corrected chi connectivity index (χ2v) is 11.0. The molecule has 1 aliphatic carbocycles. The average molecular weight is 475 g/mol. The number of sulfonamides is 1. The topological polar surface area (TPSA) is 83.6 Å². The van der Waals surface area contributed by atoms with E-state index in [1.165, 1.54) is 35.5 Å². The number of Topliss-reactive ketones (excluding diaryl/α,β-unsaturated/α-hetero) is 1. The average Bonchev–Trinajstić information content (AvgIpc) is 3.63. The SMILES string of the molecule is CC(=O)c1ccc(S(=O)(=O)N2CCC(C(=O)N[C@@H](c3ccc(Cl)cc3)C3CC3)CC2)cc1. The maximum absolute atomic E-state index is 13.0. The smallest absolute Gasteiger partial charge is 0.243 e. The van der Waals surface area contributed by atoms with Crippen LogP contribution >= 0.6 is 11.6 Å². The van der Waals surface area contributed by atoms with Gasteiger partial charge < -0.3 is 5.32 Å². The van der Waals surface area contributed by atoms with Crippen molar-refractivity contribution in [2.75, 3.05) is 13.1 Å². The van der Waals surface area contributed by atoms with Crippen molar-refractivity contribution in [3.63, 3.8) is 0 Å². The van der Waals surface area contributed by atoms with Gasteiger partial charge in [-0.05, 0) is 68.4 Å². The first-order valence-corrected chi connectivity index (χ1v) is 12.7. The number of rotatable bonds is 7. The Morgan fingerprint density at radius 2 is 1.56 bits per heavy atom. The molecule has 0 spiro atoms. The third kappa shape index (κ3) is 5.05. The van der Waals surface area contributed by atoms with Crippen LogP contribution < -0.4 is 5.32 Å². The first kappa shape index (κ1) is 23.0. The maximum Gasteiger partial charge on any atom is 0.243 e. The molecule has 0 radical (unpaired) electrons. The standard InChI is InChI=1S/C24H27ClN2O4S/c1-16(28)17-6-10-22(11-7-17)32(30,31)27-14-12-20(13-15-27)24(29)26-23(18-2-3-18)19-4-8-21(25)9-5-19/h4-11,18,20,23H,2-3,12-15H2,1H3,(H,26,29)/t23-/m1/s1. The molecular weight excluding hydrogens is 448 g/mol. The monoisotopic (exact) mass is 474 g/mol. The van der Waals surface area contributed by atoms with Gasteiger partial charge in [-0.15, -0.1) is 0 Å². The highest BCUT2D eigenvalue weighted by atomic mass is 35.5. The van der Waals surface area contributed by atoms with E-state index in [0.717, 1.165) is 18.4 Å². The third-order valence-corrected chi connectivity index (χ3v) is 8.51. The molecule has 2 aromatic carbocycles. The number of carbonyl (C=O) groups is 2. The summed E-state index contributed by atoms with van der Waals surface area (Å²) in [6.45, 7) is 2.04. The molecule has 170 valence electrons. The van der Waals surface area contributed by atoms with E-state index in [0.29, 0.717) is 42.4 Å². The van der Waals surface area contributed by atoms with Crippen LogP contribution in [0.25, 0.3) is 0 Å². The van der Waals surface area contributed by atoms with Crippen molar-refractivity contribution in [1.82, 2.24) is 9.62 Å². The Kier molecular flexibility index (Phi) is 6.70. The van der Waals surface area contributed by atoms with E-state index in [2.05, 4.69) is 5.32 Å². The number of piperidine rings is 1. The zero-order chi connectivity index (χ0) is 22.9. The van der Waals surface area contributed by atoms with Crippen LogP contribution in [-0.4, -0.2) is 37.5 Å². The normalized spacial score (nSPS) is 18.8. The van der Waals surface area contributed by atoms with E-state index >= 15 is 0 Å². The lowest BCUT2D eigenvalue weighted by Crippen LogP contribution is -2.44. The van der Waals surface area contributed by atoms with Crippen molar-refractivity contribution < 1.29 is 18.0 Å². The maximum atomic E-state index is 13.0. The van der Waals surface area contributed by atoms with Gasteiger partial charge in [0.25, 0.3) is 0 Å². The number of ketones is 1. The van der Waals surface area contributed by atoms with Gasteiger partial charge in [0.1, 0.15) is 0 Å². The molecule has 1 amide bonds. The molecule has 32 heavy (non-hydrogen) atoms. The first-order chi connectivity index (χ1) is 15.3. The molecule has 4 rings (SSSR count).